The van der Waals surface area contributed by atoms with E-state index in [0.717, 1.165) is 30.0 Å². The van der Waals surface area contributed by atoms with E-state index in [2.05, 4.69) is 4.74 Å². The average molecular weight is 450 g/mol. The van der Waals surface area contributed by atoms with E-state index in [1.54, 1.807) is 20.3 Å². The average Bonchev–Trinajstić information content (AvgIpc) is 2.77. The standard InChI is InChI=1S/C22H24ClNO7/c1-28-20(25)15-6-9-19(18(12-15)24(26)27)31-13-22(21(29-2)30-3)10-4-5-14-11-16(23)7-8-17(14)22/h6-9,11-12,21H,4-5,10,13H2,1-3H3/t22-/m0/s1. The zero-order valence-electron chi connectivity index (χ0n) is 17.6. The fraction of sp³-hybridized carbons (Fsp3) is 0.409. The second-order valence-electron chi connectivity index (χ2n) is 7.33. The number of fused-ring (bicyclic) bond motifs is 1. The lowest BCUT2D eigenvalue weighted by Crippen LogP contribution is -2.49. The number of nitrogens with zero attached hydrogens (tertiary/aromatic N) is 1. The van der Waals surface area contributed by atoms with Crippen LogP contribution in [0.2, 0.25) is 5.02 Å². The van der Waals surface area contributed by atoms with Crippen molar-refractivity contribution in [1.82, 2.24) is 0 Å². The minimum Gasteiger partial charge on any atom is -0.486 e. The van der Waals surface area contributed by atoms with Gasteiger partial charge in [0.25, 0.3) is 0 Å². The first-order valence-electron chi connectivity index (χ1n) is 9.70. The van der Waals surface area contributed by atoms with Gasteiger partial charge in [-0.3, -0.25) is 10.1 Å². The highest BCUT2D eigenvalue weighted by Gasteiger charge is 2.45. The largest absolute Gasteiger partial charge is 0.486 e. The van der Waals surface area contributed by atoms with Gasteiger partial charge in [0, 0.05) is 25.3 Å². The minimum atomic E-state index is -0.698. The summed E-state index contributed by atoms with van der Waals surface area (Å²) in [4.78, 5) is 22.8. The number of halogens is 1. The molecule has 0 saturated heterocycles. The summed E-state index contributed by atoms with van der Waals surface area (Å²) in [5, 5.41) is 12.2. The van der Waals surface area contributed by atoms with Crippen molar-refractivity contribution in [2.45, 2.75) is 31.0 Å². The van der Waals surface area contributed by atoms with Gasteiger partial charge in [0.05, 0.1) is 23.0 Å². The van der Waals surface area contributed by atoms with Gasteiger partial charge in [-0.05, 0) is 54.7 Å². The number of rotatable bonds is 8. The van der Waals surface area contributed by atoms with Crippen LogP contribution in [0.5, 0.6) is 5.75 Å². The van der Waals surface area contributed by atoms with Crippen molar-refractivity contribution in [2.24, 2.45) is 0 Å². The Morgan fingerprint density at radius 3 is 2.58 bits per heavy atom. The highest BCUT2D eigenvalue weighted by Crippen LogP contribution is 2.43. The van der Waals surface area contributed by atoms with Gasteiger partial charge >= 0.3 is 11.7 Å². The molecule has 1 atom stereocenters. The van der Waals surface area contributed by atoms with Gasteiger partial charge in [-0.25, -0.2) is 4.79 Å². The molecule has 2 aromatic rings. The second-order valence-corrected chi connectivity index (χ2v) is 7.77. The van der Waals surface area contributed by atoms with Gasteiger partial charge in [0.2, 0.25) is 0 Å². The Bertz CT molecular complexity index is 976. The highest BCUT2D eigenvalue weighted by molar-refractivity contribution is 6.30. The predicted octanol–water partition coefficient (Wildman–Crippen LogP) is 4.31. The molecule has 2 aromatic carbocycles. The Kier molecular flexibility index (Phi) is 7.15. The van der Waals surface area contributed by atoms with Crippen LogP contribution >= 0.6 is 11.6 Å². The molecule has 0 fully saturated rings. The number of benzene rings is 2. The lowest BCUT2D eigenvalue weighted by Gasteiger charge is -2.42. The monoisotopic (exact) mass is 449 g/mol. The fourth-order valence-electron chi connectivity index (χ4n) is 4.23. The molecular formula is C22H24ClNO7. The summed E-state index contributed by atoms with van der Waals surface area (Å²) in [5.41, 5.74) is 1.09. The Hall–Kier alpha value is -2.68. The number of nitro benzene ring substituents is 1. The number of esters is 1. The molecule has 0 N–H and O–H groups in total. The summed E-state index contributed by atoms with van der Waals surface area (Å²) < 4.78 is 21.9. The van der Waals surface area contributed by atoms with Gasteiger partial charge in [0.15, 0.2) is 12.0 Å². The molecule has 0 spiro atoms. The van der Waals surface area contributed by atoms with Crippen LogP contribution in [0.15, 0.2) is 36.4 Å². The zero-order chi connectivity index (χ0) is 22.6. The quantitative estimate of drug-likeness (QED) is 0.256. The summed E-state index contributed by atoms with van der Waals surface area (Å²) in [6.07, 6.45) is 1.76. The Morgan fingerprint density at radius 1 is 1.19 bits per heavy atom. The topological polar surface area (TPSA) is 97.1 Å². The van der Waals surface area contributed by atoms with E-state index >= 15 is 0 Å². The van der Waals surface area contributed by atoms with Crippen molar-refractivity contribution >= 4 is 23.3 Å². The Balaban J connectivity index is 2.01. The molecule has 166 valence electrons. The molecular weight excluding hydrogens is 426 g/mol. The van der Waals surface area contributed by atoms with E-state index in [-0.39, 0.29) is 23.6 Å². The zero-order valence-corrected chi connectivity index (χ0v) is 18.3. The number of aryl methyl sites for hydroxylation is 1. The molecule has 1 aliphatic rings. The number of carbonyl (C=O) groups is 1. The van der Waals surface area contributed by atoms with Crippen LogP contribution in [0.4, 0.5) is 5.69 Å². The molecule has 0 heterocycles. The number of methoxy groups -OCH3 is 3. The third-order valence-electron chi connectivity index (χ3n) is 5.61. The smallest absolute Gasteiger partial charge is 0.338 e. The first-order chi connectivity index (χ1) is 14.9. The molecule has 1 aliphatic carbocycles. The molecule has 9 heteroatoms. The number of ether oxygens (including phenoxy) is 4. The molecule has 0 amide bonds. The summed E-state index contributed by atoms with van der Waals surface area (Å²) in [7, 11) is 4.31. The van der Waals surface area contributed by atoms with Gasteiger partial charge in [-0.1, -0.05) is 17.7 Å². The maximum absolute atomic E-state index is 11.8. The molecule has 0 bridgehead atoms. The van der Waals surface area contributed by atoms with E-state index in [1.807, 2.05) is 12.1 Å². The first kappa shape index (κ1) is 23.0. The second kappa shape index (κ2) is 9.64. The lowest BCUT2D eigenvalue weighted by atomic mass is 9.69. The Labute approximate surface area is 185 Å². The van der Waals surface area contributed by atoms with Gasteiger partial charge in [-0.15, -0.1) is 0 Å². The summed E-state index contributed by atoms with van der Waals surface area (Å²) >= 11 is 6.19. The molecule has 0 radical (unpaired) electrons. The molecule has 0 aliphatic heterocycles. The van der Waals surface area contributed by atoms with Crippen LogP contribution in [-0.2, 0) is 26.0 Å². The summed E-state index contributed by atoms with van der Waals surface area (Å²) in [6, 6.07) is 9.63. The molecule has 0 unspecified atom stereocenters. The molecule has 3 rings (SSSR count). The number of hydrogen-bond acceptors (Lipinski definition) is 7. The van der Waals surface area contributed by atoms with Gasteiger partial charge in [0.1, 0.15) is 6.61 Å². The van der Waals surface area contributed by atoms with Crippen LogP contribution < -0.4 is 4.74 Å². The molecule has 31 heavy (non-hydrogen) atoms. The Morgan fingerprint density at radius 2 is 1.94 bits per heavy atom. The van der Waals surface area contributed by atoms with Crippen molar-refractivity contribution < 1.29 is 28.7 Å². The van der Waals surface area contributed by atoms with Gasteiger partial charge in [-0.2, -0.15) is 0 Å². The van der Waals surface area contributed by atoms with Crippen molar-refractivity contribution in [2.75, 3.05) is 27.9 Å². The number of hydrogen-bond donors (Lipinski definition) is 0. The fourth-order valence-corrected chi connectivity index (χ4v) is 4.42. The lowest BCUT2D eigenvalue weighted by molar-refractivity contribution is -0.386. The van der Waals surface area contributed by atoms with Crippen LogP contribution in [0, 0.1) is 10.1 Å². The normalized spacial score (nSPS) is 17.8. The SMILES string of the molecule is COC(=O)c1ccc(OC[C@@]2(C(OC)OC)CCCc3cc(Cl)ccc32)c([N+](=O)[O-])c1. The summed E-state index contributed by atoms with van der Waals surface area (Å²) in [6.45, 7) is 0.0758. The van der Waals surface area contributed by atoms with Crippen LogP contribution in [0.25, 0.3) is 0 Å². The maximum Gasteiger partial charge on any atom is 0.338 e. The maximum atomic E-state index is 11.8. The van der Waals surface area contributed by atoms with Gasteiger partial charge < -0.3 is 18.9 Å². The molecule has 0 aromatic heterocycles. The van der Waals surface area contributed by atoms with Crippen LogP contribution in [-0.4, -0.2) is 45.1 Å². The van der Waals surface area contributed by atoms with E-state index in [4.69, 9.17) is 25.8 Å². The predicted molar refractivity (Wildman–Crippen MR) is 114 cm³/mol. The van der Waals surface area contributed by atoms with E-state index in [9.17, 15) is 14.9 Å². The van der Waals surface area contributed by atoms with Crippen molar-refractivity contribution in [3.63, 3.8) is 0 Å². The number of carbonyl (C=O) groups excluding carboxylic acids is 1. The highest BCUT2D eigenvalue weighted by atomic mass is 35.5. The number of nitro groups is 1. The van der Waals surface area contributed by atoms with E-state index < -0.39 is 22.6 Å². The van der Waals surface area contributed by atoms with Crippen molar-refractivity contribution in [3.8, 4) is 5.75 Å². The minimum absolute atomic E-state index is 0.0454. The first-order valence-corrected chi connectivity index (χ1v) is 10.1. The van der Waals surface area contributed by atoms with E-state index in [1.165, 1.54) is 19.2 Å². The van der Waals surface area contributed by atoms with Crippen molar-refractivity contribution in [3.05, 3.63) is 68.2 Å². The van der Waals surface area contributed by atoms with Crippen LogP contribution in [0.3, 0.4) is 0 Å². The molecule has 8 nitrogen and oxygen atoms in total. The van der Waals surface area contributed by atoms with Crippen LogP contribution in [0.1, 0.15) is 34.3 Å². The molecule has 0 saturated carbocycles. The van der Waals surface area contributed by atoms with E-state index in [0.29, 0.717) is 11.4 Å². The van der Waals surface area contributed by atoms with Crippen molar-refractivity contribution in [1.29, 1.82) is 0 Å². The third-order valence-corrected chi connectivity index (χ3v) is 5.85. The summed E-state index contributed by atoms with van der Waals surface area (Å²) in [5.74, 6) is -0.618. The third kappa shape index (κ3) is 4.51.